The fraction of sp³-hybridized carbons (Fsp3) is 0.481. The summed E-state index contributed by atoms with van der Waals surface area (Å²) in [7, 11) is 1.51. The fourth-order valence-corrected chi connectivity index (χ4v) is 11.4. The van der Waals surface area contributed by atoms with Crippen molar-refractivity contribution in [3.05, 3.63) is 111 Å². The number of amides is 3. The van der Waals surface area contributed by atoms with Gasteiger partial charge in [-0.3, -0.25) is 43.2 Å². The Hall–Kier alpha value is -6.52. The maximum atomic E-state index is 13.6. The summed E-state index contributed by atoms with van der Waals surface area (Å²) in [6.07, 6.45) is 12.3. The molecule has 16 heteroatoms. The molecule has 4 aliphatic heterocycles. The Morgan fingerprint density at radius 1 is 0.829 bits per heavy atom. The second-order valence-corrected chi connectivity index (χ2v) is 19.9. The number of piperazine rings is 1. The summed E-state index contributed by atoms with van der Waals surface area (Å²) >= 11 is 0. The lowest BCUT2D eigenvalue weighted by molar-refractivity contribution is -0.150. The third-order valence-corrected chi connectivity index (χ3v) is 15.5. The van der Waals surface area contributed by atoms with Gasteiger partial charge in [-0.15, -0.1) is 0 Å². The number of ketones is 1. The number of Topliss-reactive ketones (excluding diaryl/α,β-unsaturated/α-hetero) is 1. The predicted octanol–water partition coefficient (Wildman–Crippen LogP) is 7.02. The number of rotatable bonds is 15. The van der Waals surface area contributed by atoms with Gasteiger partial charge >= 0.3 is 0 Å². The van der Waals surface area contributed by atoms with Gasteiger partial charge in [0, 0.05) is 75.9 Å². The second kappa shape index (κ2) is 20.4. The van der Waals surface area contributed by atoms with E-state index in [9.17, 15) is 24.0 Å². The third kappa shape index (κ3) is 9.80. The van der Waals surface area contributed by atoms with Gasteiger partial charge < -0.3 is 19.9 Å². The number of imide groups is 1. The molecular formula is C54H64N10O6. The van der Waals surface area contributed by atoms with E-state index in [-0.39, 0.29) is 47.1 Å². The molecule has 1 unspecified atom stereocenters. The summed E-state index contributed by atoms with van der Waals surface area (Å²) in [5.74, 6) is 1.49. The lowest BCUT2D eigenvalue weighted by Crippen LogP contribution is -2.53. The number of piperidine rings is 2. The first-order valence-electron chi connectivity index (χ1n) is 25.3. The van der Waals surface area contributed by atoms with Crippen LogP contribution in [-0.4, -0.2) is 128 Å². The van der Waals surface area contributed by atoms with Gasteiger partial charge in [0.25, 0.3) is 17.4 Å². The van der Waals surface area contributed by atoms with Crippen molar-refractivity contribution in [1.82, 2.24) is 39.1 Å². The van der Waals surface area contributed by atoms with Crippen LogP contribution in [0.5, 0.6) is 5.75 Å². The Bertz CT molecular complexity index is 2830. The van der Waals surface area contributed by atoms with Crippen LogP contribution in [0, 0.1) is 6.92 Å². The summed E-state index contributed by atoms with van der Waals surface area (Å²) in [4.78, 5) is 88.5. The van der Waals surface area contributed by atoms with Crippen molar-refractivity contribution in [2.45, 2.75) is 109 Å². The minimum atomic E-state index is -0.577. The number of unbranched alkanes of at least 4 members (excludes halogenated alkanes) is 1. The number of benzene rings is 2. The second-order valence-electron chi connectivity index (χ2n) is 19.9. The summed E-state index contributed by atoms with van der Waals surface area (Å²) in [5, 5.41) is 3.96. The number of ether oxygens (including phenoxy) is 1. The van der Waals surface area contributed by atoms with E-state index in [1.807, 2.05) is 18.3 Å². The molecule has 16 nitrogen and oxygen atoms in total. The van der Waals surface area contributed by atoms with Gasteiger partial charge in [0.15, 0.2) is 5.78 Å². The largest absolute Gasteiger partial charge is 0.494 e. The van der Waals surface area contributed by atoms with Crippen molar-refractivity contribution < 1.29 is 23.9 Å². The molecule has 0 bridgehead atoms. The Balaban J connectivity index is 0.624. The molecule has 2 aromatic carbocycles. The lowest BCUT2D eigenvalue weighted by Gasteiger charge is -2.36. The summed E-state index contributed by atoms with van der Waals surface area (Å²) in [6.45, 7) is 12.1. The van der Waals surface area contributed by atoms with Crippen molar-refractivity contribution in [1.29, 1.82) is 0 Å². The Labute approximate surface area is 409 Å². The summed E-state index contributed by atoms with van der Waals surface area (Å²) in [6, 6.07) is 18.2. The highest BCUT2D eigenvalue weighted by Gasteiger charge is 2.41. The number of carbonyl (C=O) groups excluding carboxylic acids is 4. The summed E-state index contributed by atoms with van der Waals surface area (Å²) < 4.78 is 7.87. The van der Waals surface area contributed by atoms with Crippen LogP contribution in [0.15, 0.2) is 71.8 Å². The number of aromatic nitrogens is 4. The first kappa shape index (κ1) is 47.2. The molecule has 3 amide bonds. The number of likely N-dealkylation sites (tertiary alicyclic amines) is 2. The van der Waals surface area contributed by atoms with Gasteiger partial charge in [-0.2, -0.15) is 4.98 Å². The van der Waals surface area contributed by atoms with Crippen molar-refractivity contribution >= 4 is 52.0 Å². The standard InChI is InChI=1S/C54H64N10O6/c1-35-45-32-56-54(58-50(45)64(41-8-4-5-9-41)53(69)49(35)36(2)65)57-47-18-13-42(31-55-47)62-27-25-60(26-28-62)22-6-7-29-70-43-14-10-37(11-15-43)33-61-23-20-38(21-24-61)39-12-16-44-40(30-39)34-63(51(44)67)46-17-19-48(66)59(3)52(46)68/h10-16,18,30-32,38,41,46H,4-9,17,19-29,33-34H2,1-3H3,(H,55,56,57,58). The molecule has 0 radical (unpaired) electrons. The molecule has 7 heterocycles. The number of hydrogen-bond donors (Lipinski definition) is 1. The molecule has 10 rings (SSSR count). The zero-order chi connectivity index (χ0) is 48.5. The Morgan fingerprint density at radius 3 is 2.33 bits per heavy atom. The quantitative estimate of drug-likeness (QED) is 0.0647. The highest BCUT2D eigenvalue weighted by molar-refractivity contribution is 6.05. The number of hydrogen-bond acceptors (Lipinski definition) is 13. The van der Waals surface area contributed by atoms with Crippen molar-refractivity contribution in [3.63, 3.8) is 0 Å². The van der Waals surface area contributed by atoms with Crippen molar-refractivity contribution in [2.24, 2.45) is 0 Å². The number of carbonyl (C=O) groups is 4. The molecule has 3 saturated heterocycles. The van der Waals surface area contributed by atoms with E-state index in [0.717, 1.165) is 131 Å². The molecule has 1 atom stereocenters. The molecule has 4 fully saturated rings. The van der Waals surface area contributed by atoms with Gasteiger partial charge in [-0.05, 0) is 137 Å². The smallest absolute Gasteiger partial charge is 0.263 e. The third-order valence-electron chi connectivity index (χ3n) is 15.5. The van der Waals surface area contributed by atoms with Crippen LogP contribution in [-0.2, 0) is 22.7 Å². The first-order chi connectivity index (χ1) is 34.0. The van der Waals surface area contributed by atoms with Crippen LogP contribution in [0.3, 0.4) is 0 Å². The zero-order valence-corrected chi connectivity index (χ0v) is 40.7. The molecule has 3 aromatic heterocycles. The number of nitrogens with one attached hydrogen (secondary N) is 1. The normalized spacial score (nSPS) is 19.7. The van der Waals surface area contributed by atoms with E-state index in [0.29, 0.717) is 54.0 Å². The average Bonchev–Trinajstić information content (AvgIpc) is 4.02. The van der Waals surface area contributed by atoms with E-state index in [2.05, 4.69) is 72.4 Å². The van der Waals surface area contributed by atoms with E-state index in [1.54, 1.807) is 22.6 Å². The van der Waals surface area contributed by atoms with Crippen LogP contribution in [0.25, 0.3) is 11.0 Å². The lowest BCUT2D eigenvalue weighted by atomic mass is 9.87. The van der Waals surface area contributed by atoms with Gasteiger partial charge in [0.05, 0.1) is 24.1 Å². The van der Waals surface area contributed by atoms with Crippen molar-refractivity contribution in [2.75, 3.05) is 69.7 Å². The van der Waals surface area contributed by atoms with Crippen LogP contribution in [0.2, 0.25) is 0 Å². The first-order valence-corrected chi connectivity index (χ1v) is 25.3. The highest BCUT2D eigenvalue weighted by Crippen LogP contribution is 2.36. The minimum absolute atomic E-state index is 0.0188. The number of aryl methyl sites for hydroxylation is 1. The molecule has 366 valence electrons. The summed E-state index contributed by atoms with van der Waals surface area (Å²) in [5.41, 5.74) is 6.41. The van der Waals surface area contributed by atoms with E-state index in [1.165, 1.54) is 25.1 Å². The monoisotopic (exact) mass is 949 g/mol. The Morgan fingerprint density at radius 2 is 1.60 bits per heavy atom. The van der Waals surface area contributed by atoms with E-state index in [4.69, 9.17) is 9.72 Å². The number of likely N-dealkylation sites (N-methyl/N-ethyl adjacent to an activating group) is 1. The van der Waals surface area contributed by atoms with Gasteiger partial charge in [-0.1, -0.05) is 37.1 Å². The van der Waals surface area contributed by atoms with E-state index >= 15 is 0 Å². The van der Waals surface area contributed by atoms with Crippen LogP contribution in [0.4, 0.5) is 17.5 Å². The number of pyridine rings is 2. The highest BCUT2D eigenvalue weighted by atomic mass is 16.5. The average molecular weight is 949 g/mol. The molecule has 1 saturated carbocycles. The molecule has 70 heavy (non-hydrogen) atoms. The maximum absolute atomic E-state index is 13.6. The van der Waals surface area contributed by atoms with Crippen LogP contribution >= 0.6 is 0 Å². The molecule has 5 aromatic rings. The fourth-order valence-electron chi connectivity index (χ4n) is 11.4. The number of fused-ring (bicyclic) bond motifs is 2. The molecule has 1 N–H and O–H groups in total. The molecule has 5 aliphatic rings. The van der Waals surface area contributed by atoms with Gasteiger partial charge in [-0.25, -0.2) is 9.97 Å². The number of anilines is 3. The van der Waals surface area contributed by atoms with Gasteiger partial charge in [0.2, 0.25) is 11.9 Å². The van der Waals surface area contributed by atoms with Crippen LogP contribution in [0.1, 0.15) is 126 Å². The van der Waals surface area contributed by atoms with Crippen molar-refractivity contribution in [3.8, 4) is 5.75 Å². The van der Waals surface area contributed by atoms with E-state index < -0.39 is 6.04 Å². The number of nitrogens with zero attached hydrogens (tertiary/aromatic N) is 9. The molecule has 0 spiro atoms. The molecular weight excluding hydrogens is 885 g/mol. The minimum Gasteiger partial charge on any atom is -0.494 e. The Kier molecular flexibility index (Phi) is 13.8. The van der Waals surface area contributed by atoms with Crippen LogP contribution < -0.4 is 20.5 Å². The van der Waals surface area contributed by atoms with Gasteiger partial charge in [0.1, 0.15) is 23.3 Å². The molecule has 1 aliphatic carbocycles. The maximum Gasteiger partial charge on any atom is 0.263 e. The zero-order valence-electron chi connectivity index (χ0n) is 40.7. The SMILES string of the molecule is CC(=O)c1c(C)c2cnc(Nc3ccc(N4CCN(CCCCOc5ccc(CN6CCC(c7ccc8c(c7)CN(C7CCC(=O)N(C)C7=O)C8=O)CC6)cc5)CC4)cn3)nc2n(C2CCCC2)c1=O. The topological polar surface area (TPSA) is 166 Å². The predicted molar refractivity (Wildman–Crippen MR) is 268 cm³/mol.